The Labute approximate surface area is 112 Å². The molecule has 0 heterocycles. The van der Waals surface area contributed by atoms with Crippen molar-refractivity contribution in [1.82, 2.24) is 0 Å². The molecular formula is C7H4ClNaO4S. The van der Waals surface area contributed by atoms with Crippen LogP contribution in [0.1, 0.15) is 10.4 Å². The van der Waals surface area contributed by atoms with Crippen LogP contribution in [-0.4, -0.2) is 5.24 Å². The molecule has 0 aliphatic rings. The summed E-state index contributed by atoms with van der Waals surface area (Å²) in [5.74, 6) is 0. The summed E-state index contributed by atoms with van der Waals surface area (Å²) in [7, 11) is 0. The number of rotatable bonds is 4. The Morgan fingerprint density at radius 1 is 1.50 bits per heavy atom. The minimum atomic E-state index is -0.564. The molecular weight excluding hydrogens is 239 g/mol. The molecule has 0 amide bonds. The molecule has 0 atom stereocenters. The first kappa shape index (κ1) is 14.4. The molecule has 70 valence electrons. The first-order valence-corrected chi connectivity index (χ1v) is 4.29. The fourth-order valence-electron chi connectivity index (χ4n) is 0.723. The van der Waals surface area contributed by atoms with Crippen LogP contribution < -0.4 is 34.8 Å². The fourth-order valence-corrected chi connectivity index (χ4v) is 1.26. The van der Waals surface area contributed by atoms with E-state index in [2.05, 4.69) is 9.37 Å². The van der Waals surface area contributed by atoms with Crippen LogP contribution in [0.2, 0.25) is 0 Å². The van der Waals surface area contributed by atoms with Crippen LogP contribution in [0.15, 0.2) is 29.2 Å². The van der Waals surface area contributed by atoms with Crippen molar-refractivity contribution >= 4 is 28.9 Å². The van der Waals surface area contributed by atoms with Gasteiger partial charge in [-0.05, 0) is 23.7 Å². The Kier molecular flexibility index (Phi) is 7.89. The maximum absolute atomic E-state index is 10.7. The molecule has 14 heavy (non-hydrogen) atoms. The maximum atomic E-state index is 10.7. The van der Waals surface area contributed by atoms with Gasteiger partial charge >= 0.3 is 29.6 Å². The van der Waals surface area contributed by atoms with Crippen molar-refractivity contribution in [1.29, 1.82) is 0 Å². The van der Waals surface area contributed by atoms with Crippen molar-refractivity contribution in [3.05, 3.63) is 29.8 Å². The Morgan fingerprint density at radius 3 is 2.79 bits per heavy atom. The minimum absolute atomic E-state index is 0. The summed E-state index contributed by atoms with van der Waals surface area (Å²) in [6.07, 6.45) is 0. The van der Waals surface area contributed by atoms with Gasteiger partial charge in [-0.2, -0.15) is 4.33 Å². The Morgan fingerprint density at radius 2 is 2.21 bits per heavy atom. The molecule has 4 nitrogen and oxygen atoms in total. The largest absolute Gasteiger partial charge is 1.00 e. The zero-order valence-electron chi connectivity index (χ0n) is 7.23. The van der Waals surface area contributed by atoms with Crippen molar-refractivity contribution in [3.8, 4) is 0 Å². The molecule has 0 N–H and O–H groups in total. The normalized spacial score (nSPS) is 9.29. The number of hydrogen-bond acceptors (Lipinski definition) is 5. The summed E-state index contributed by atoms with van der Waals surface area (Å²) in [5, 5.41) is 12.1. The third-order valence-electron chi connectivity index (χ3n) is 1.22. The van der Waals surface area contributed by atoms with E-state index in [4.69, 9.17) is 11.6 Å². The molecule has 7 heteroatoms. The van der Waals surface area contributed by atoms with Crippen molar-refractivity contribution in [3.63, 3.8) is 0 Å². The summed E-state index contributed by atoms with van der Waals surface area (Å²) >= 11 is 5.93. The molecule has 1 aromatic carbocycles. The van der Waals surface area contributed by atoms with E-state index in [0.29, 0.717) is 22.5 Å². The summed E-state index contributed by atoms with van der Waals surface area (Å²) in [6.45, 7) is 0. The van der Waals surface area contributed by atoms with Gasteiger partial charge in [-0.15, -0.1) is 0 Å². The second-order valence-electron chi connectivity index (χ2n) is 2.02. The topological polar surface area (TPSA) is 58.6 Å². The van der Waals surface area contributed by atoms with E-state index in [9.17, 15) is 10.1 Å². The zero-order valence-corrected chi connectivity index (χ0v) is 10.8. The molecule has 0 bridgehead atoms. The predicted molar refractivity (Wildman–Crippen MR) is 44.7 cm³/mol. The van der Waals surface area contributed by atoms with E-state index < -0.39 is 5.24 Å². The number of carbonyl (C=O) groups is 1. The van der Waals surface area contributed by atoms with Crippen LogP contribution >= 0.6 is 23.6 Å². The molecule has 1 aromatic rings. The van der Waals surface area contributed by atoms with Crippen LogP contribution in [-0.2, 0) is 9.37 Å². The van der Waals surface area contributed by atoms with Crippen LogP contribution in [0.3, 0.4) is 0 Å². The molecule has 0 unspecified atom stereocenters. The van der Waals surface area contributed by atoms with E-state index in [1.807, 2.05) is 0 Å². The van der Waals surface area contributed by atoms with Crippen molar-refractivity contribution in [2.45, 2.75) is 4.90 Å². The van der Waals surface area contributed by atoms with Crippen molar-refractivity contribution in [2.75, 3.05) is 0 Å². The van der Waals surface area contributed by atoms with E-state index in [0.717, 1.165) is 0 Å². The number of halogens is 1. The zero-order chi connectivity index (χ0) is 9.68. The van der Waals surface area contributed by atoms with Crippen LogP contribution in [0, 0.1) is 0 Å². The van der Waals surface area contributed by atoms with Gasteiger partial charge in [0.05, 0.1) is 12.0 Å². The van der Waals surface area contributed by atoms with Gasteiger partial charge in [-0.3, -0.25) is 9.83 Å². The second kappa shape index (κ2) is 7.67. The average Bonchev–Trinajstić information content (AvgIpc) is 2.15. The molecule has 0 fully saturated rings. The Bertz CT molecular complexity index is 309. The van der Waals surface area contributed by atoms with Gasteiger partial charge in [0.15, 0.2) is 0 Å². The molecule has 0 spiro atoms. The van der Waals surface area contributed by atoms with Crippen LogP contribution in [0.5, 0.6) is 0 Å². The van der Waals surface area contributed by atoms with Crippen LogP contribution in [0.25, 0.3) is 0 Å². The number of hydrogen-bond donors (Lipinski definition) is 0. The Hall–Kier alpha value is 0.410. The van der Waals surface area contributed by atoms with E-state index in [-0.39, 0.29) is 29.6 Å². The van der Waals surface area contributed by atoms with Crippen molar-refractivity contribution in [2.24, 2.45) is 0 Å². The monoisotopic (exact) mass is 242 g/mol. The first-order chi connectivity index (χ1) is 6.24. The number of carbonyl (C=O) groups excluding carboxylic acids is 1. The van der Waals surface area contributed by atoms with Gasteiger partial charge in [0.1, 0.15) is 0 Å². The first-order valence-electron chi connectivity index (χ1n) is 3.17. The molecule has 0 aliphatic heterocycles. The molecule has 0 aliphatic carbocycles. The van der Waals surface area contributed by atoms with E-state index >= 15 is 0 Å². The molecule has 0 radical (unpaired) electrons. The fraction of sp³-hybridized carbons (Fsp3) is 0. The smallest absolute Gasteiger partial charge is 0.691 e. The minimum Gasteiger partial charge on any atom is -0.691 e. The molecule has 0 saturated heterocycles. The molecule has 0 aromatic heterocycles. The molecule has 0 saturated carbocycles. The van der Waals surface area contributed by atoms with E-state index in [1.165, 1.54) is 6.07 Å². The van der Waals surface area contributed by atoms with Crippen molar-refractivity contribution < 1.29 is 49.0 Å². The van der Waals surface area contributed by atoms with E-state index in [1.54, 1.807) is 18.2 Å². The Balaban J connectivity index is 0.00000169. The SMILES string of the molecule is O=C(Cl)c1cccc(SOO[O-])c1.[Na+]. The summed E-state index contributed by atoms with van der Waals surface area (Å²) < 4.78 is 4.06. The van der Waals surface area contributed by atoms with Gasteiger partial charge in [0.25, 0.3) is 5.24 Å². The summed E-state index contributed by atoms with van der Waals surface area (Å²) in [6, 6.07) is 6.30. The van der Waals surface area contributed by atoms with Gasteiger partial charge in [0, 0.05) is 10.5 Å². The predicted octanol–water partition coefficient (Wildman–Crippen LogP) is -1.70. The quantitative estimate of drug-likeness (QED) is 0.207. The third kappa shape index (κ3) is 4.77. The maximum Gasteiger partial charge on any atom is 1.00 e. The van der Waals surface area contributed by atoms with Gasteiger partial charge < -0.3 is 5.26 Å². The van der Waals surface area contributed by atoms with Gasteiger partial charge in [-0.1, -0.05) is 12.1 Å². The van der Waals surface area contributed by atoms with Crippen LogP contribution in [0.4, 0.5) is 0 Å². The van der Waals surface area contributed by atoms with Gasteiger partial charge in [0.2, 0.25) is 0 Å². The second-order valence-corrected chi connectivity index (χ2v) is 3.14. The number of benzene rings is 1. The third-order valence-corrected chi connectivity index (χ3v) is 2.01. The molecule has 1 rings (SSSR count). The van der Waals surface area contributed by atoms with Gasteiger partial charge in [-0.25, -0.2) is 0 Å². The summed E-state index contributed by atoms with van der Waals surface area (Å²) in [5.41, 5.74) is 0.334. The standard InChI is InChI=1S/C7H5ClO4S.Na/c8-7(9)5-2-1-3-6(4-5)13-12-11-10;/h1-4,10H;/q;+1/p-1. The average molecular weight is 243 g/mol. The summed E-state index contributed by atoms with van der Waals surface area (Å²) in [4.78, 5) is 11.3.